The van der Waals surface area contributed by atoms with E-state index in [1.54, 1.807) is 28.9 Å². The van der Waals surface area contributed by atoms with Gasteiger partial charge in [-0.05, 0) is 45.1 Å². The summed E-state index contributed by atoms with van der Waals surface area (Å²) in [5.74, 6) is -2.17. The molecule has 3 aliphatic heterocycles. The molecule has 0 saturated carbocycles. The monoisotopic (exact) mass is 565 g/mol. The summed E-state index contributed by atoms with van der Waals surface area (Å²) >= 11 is 0. The van der Waals surface area contributed by atoms with Crippen molar-refractivity contribution in [1.82, 2.24) is 14.7 Å². The first-order valence-electron chi connectivity index (χ1n) is 15.1. The Bertz CT molecular complexity index is 1140. The molecule has 1 spiro atoms. The zero-order valence-electron chi connectivity index (χ0n) is 25.1. The van der Waals surface area contributed by atoms with Crippen LogP contribution in [0.1, 0.15) is 65.4 Å². The second kappa shape index (κ2) is 12.5. The number of carbonyl (C=O) groups excluding carboxylic acids is 3. The van der Waals surface area contributed by atoms with Gasteiger partial charge in [0.25, 0.3) is 0 Å². The summed E-state index contributed by atoms with van der Waals surface area (Å²) in [4.78, 5) is 48.5. The maximum Gasteiger partial charge on any atom is 0.248 e. The number of benzene rings is 1. The molecule has 0 aromatic heterocycles. The van der Waals surface area contributed by atoms with E-state index in [-0.39, 0.29) is 30.4 Å². The first kappa shape index (κ1) is 31.0. The Kier molecular flexibility index (Phi) is 9.44. The van der Waals surface area contributed by atoms with E-state index in [2.05, 4.69) is 20.1 Å². The third kappa shape index (κ3) is 5.14. The number of hydrogen-bond acceptors (Lipinski definition) is 5. The number of fused-ring (bicyclic) bond motifs is 1. The van der Waals surface area contributed by atoms with Crippen LogP contribution in [0.4, 0.5) is 0 Å². The van der Waals surface area contributed by atoms with Gasteiger partial charge in [-0.15, -0.1) is 13.2 Å². The molecule has 8 nitrogen and oxygen atoms in total. The van der Waals surface area contributed by atoms with Gasteiger partial charge in [0, 0.05) is 25.7 Å². The van der Waals surface area contributed by atoms with E-state index >= 15 is 0 Å². The Hall–Kier alpha value is -2.97. The van der Waals surface area contributed by atoms with E-state index in [1.165, 1.54) is 4.90 Å². The second-order valence-corrected chi connectivity index (χ2v) is 12.0. The van der Waals surface area contributed by atoms with Crippen molar-refractivity contribution in [3.63, 3.8) is 0 Å². The van der Waals surface area contributed by atoms with Crippen molar-refractivity contribution < 1.29 is 24.2 Å². The zero-order valence-corrected chi connectivity index (χ0v) is 25.1. The van der Waals surface area contributed by atoms with Crippen LogP contribution < -0.4 is 0 Å². The van der Waals surface area contributed by atoms with Gasteiger partial charge in [0.2, 0.25) is 17.7 Å². The van der Waals surface area contributed by atoms with Crippen molar-refractivity contribution >= 4 is 17.7 Å². The van der Waals surface area contributed by atoms with E-state index < -0.39 is 35.1 Å². The number of hydrogen-bond donors (Lipinski definition) is 1. The molecule has 3 unspecified atom stereocenters. The van der Waals surface area contributed by atoms with Crippen LogP contribution in [0, 0.1) is 11.8 Å². The molecular formula is C33H47N3O5. The van der Waals surface area contributed by atoms with Crippen LogP contribution in [0.25, 0.3) is 0 Å². The minimum Gasteiger partial charge on any atom is -0.394 e. The molecule has 3 aliphatic rings. The van der Waals surface area contributed by atoms with Crippen molar-refractivity contribution in [3.8, 4) is 0 Å². The number of amides is 3. The van der Waals surface area contributed by atoms with Gasteiger partial charge in [-0.1, -0.05) is 62.8 Å². The molecule has 3 heterocycles. The highest BCUT2D eigenvalue weighted by atomic mass is 16.5. The van der Waals surface area contributed by atoms with Crippen molar-refractivity contribution in [1.29, 1.82) is 0 Å². The zero-order chi connectivity index (χ0) is 29.9. The van der Waals surface area contributed by atoms with Gasteiger partial charge in [0.1, 0.15) is 11.6 Å². The maximum atomic E-state index is 14.5. The van der Waals surface area contributed by atoms with Crippen molar-refractivity contribution in [2.75, 3.05) is 19.7 Å². The van der Waals surface area contributed by atoms with Crippen LogP contribution in [0.15, 0.2) is 55.6 Å². The van der Waals surface area contributed by atoms with Gasteiger partial charge in [-0.3, -0.25) is 14.4 Å². The second-order valence-electron chi connectivity index (χ2n) is 12.0. The molecule has 1 aromatic rings. The molecule has 1 N–H and O–H groups in total. The van der Waals surface area contributed by atoms with Crippen molar-refractivity contribution in [2.24, 2.45) is 11.8 Å². The maximum absolute atomic E-state index is 14.5. The fraction of sp³-hybridized carbons (Fsp3) is 0.606. The van der Waals surface area contributed by atoms with E-state index in [0.29, 0.717) is 38.9 Å². The largest absolute Gasteiger partial charge is 0.394 e. The van der Waals surface area contributed by atoms with Gasteiger partial charge >= 0.3 is 0 Å². The van der Waals surface area contributed by atoms with Gasteiger partial charge in [0.15, 0.2) is 0 Å². The molecule has 41 heavy (non-hydrogen) atoms. The summed E-state index contributed by atoms with van der Waals surface area (Å²) < 4.78 is 6.94. The van der Waals surface area contributed by atoms with E-state index in [1.807, 2.05) is 44.2 Å². The first-order valence-corrected chi connectivity index (χ1v) is 15.1. The van der Waals surface area contributed by atoms with Crippen LogP contribution in [0.2, 0.25) is 0 Å². The Morgan fingerprint density at radius 1 is 1.12 bits per heavy atom. The molecule has 3 saturated heterocycles. The molecule has 0 aliphatic carbocycles. The van der Waals surface area contributed by atoms with Crippen LogP contribution in [0.3, 0.4) is 0 Å². The van der Waals surface area contributed by atoms with Crippen molar-refractivity contribution in [3.05, 3.63) is 61.2 Å². The number of aliphatic hydroxyl groups excluding tert-OH is 1. The molecular weight excluding hydrogens is 518 g/mol. The lowest BCUT2D eigenvalue weighted by atomic mass is 9.64. The number of ether oxygens (including phenoxy) is 1. The fourth-order valence-electron chi connectivity index (χ4n) is 7.62. The normalized spacial score (nSPS) is 29.6. The minimum atomic E-state index is -1.13. The van der Waals surface area contributed by atoms with Crippen LogP contribution in [-0.4, -0.2) is 86.6 Å². The summed E-state index contributed by atoms with van der Waals surface area (Å²) in [6, 6.07) is 8.18. The summed E-state index contributed by atoms with van der Waals surface area (Å²) in [5.41, 5.74) is -0.983. The summed E-state index contributed by atoms with van der Waals surface area (Å²) in [6.45, 7) is 16.4. The molecule has 224 valence electrons. The highest BCUT2D eigenvalue weighted by Crippen LogP contribution is 2.65. The lowest BCUT2D eigenvalue weighted by Crippen LogP contribution is -2.59. The topological polar surface area (TPSA) is 90.4 Å². The molecule has 1 aromatic carbocycles. The Morgan fingerprint density at radius 2 is 1.80 bits per heavy atom. The quantitative estimate of drug-likeness (QED) is 0.345. The Morgan fingerprint density at radius 3 is 2.39 bits per heavy atom. The highest BCUT2D eigenvalue weighted by molar-refractivity contribution is 5.99. The molecule has 7 atom stereocenters. The van der Waals surface area contributed by atoms with Crippen LogP contribution >= 0.6 is 0 Å². The van der Waals surface area contributed by atoms with E-state index in [4.69, 9.17) is 4.74 Å². The van der Waals surface area contributed by atoms with E-state index in [0.717, 1.165) is 18.4 Å². The SMILES string of the molecule is C=CCN(Cc1ccccc1)C(=O)[C@@H]1[C@H]2C(=O)N([C@H](C)CO)C(C(=O)N(CC=C)C(C)CCC)C23CC[C@@]1(CC)O3. The van der Waals surface area contributed by atoms with E-state index in [9.17, 15) is 19.5 Å². The predicted octanol–water partition coefficient (Wildman–Crippen LogP) is 3.94. The highest BCUT2D eigenvalue weighted by Gasteiger charge is 2.79. The molecule has 0 radical (unpaired) electrons. The summed E-state index contributed by atoms with van der Waals surface area (Å²) in [7, 11) is 0. The van der Waals surface area contributed by atoms with Gasteiger partial charge in [-0.25, -0.2) is 0 Å². The molecule has 3 amide bonds. The van der Waals surface area contributed by atoms with Gasteiger partial charge in [0.05, 0.1) is 30.1 Å². The smallest absolute Gasteiger partial charge is 0.248 e. The lowest BCUT2D eigenvalue weighted by molar-refractivity contribution is -0.158. The molecule has 3 fully saturated rings. The van der Waals surface area contributed by atoms with Gasteiger partial charge in [-0.2, -0.15) is 0 Å². The predicted molar refractivity (Wildman–Crippen MR) is 159 cm³/mol. The summed E-state index contributed by atoms with van der Waals surface area (Å²) in [5, 5.41) is 10.2. The van der Waals surface area contributed by atoms with Crippen LogP contribution in [-0.2, 0) is 25.7 Å². The number of carbonyl (C=O) groups is 3. The summed E-state index contributed by atoms with van der Waals surface area (Å²) in [6.07, 6.45) is 6.78. The number of likely N-dealkylation sites (tertiary alicyclic amines) is 1. The third-order valence-electron chi connectivity index (χ3n) is 9.58. The standard InChI is InChI=1S/C33H47N3O5/c1-7-14-23(5)35(20-9-3)31(40)28-33-18-17-32(10-4,41-33)26(27(33)30(39)36(28)24(6)22-37)29(38)34(19-8-2)21-25-15-12-11-13-16-25/h8-9,11-13,15-16,23-24,26-28,37H,2-3,7,10,14,17-22H2,1,4-6H3/t23?,24-,26+,27+,28?,32-,33?/m1/s1. The minimum absolute atomic E-state index is 0.0625. The van der Waals surface area contributed by atoms with Gasteiger partial charge < -0.3 is 24.5 Å². The van der Waals surface area contributed by atoms with Crippen LogP contribution in [0.5, 0.6) is 0 Å². The number of nitrogens with zero attached hydrogens (tertiary/aromatic N) is 3. The third-order valence-corrected chi connectivity index (χ3v) is 9.58. The number of aliphatic hydroxyl groups is 1. The van der Waals surface area contributed by atoms with Crippen molar-refractivity contribution in [2.45, 2.75) is 95.7 Å². The Balaban J connectivity index is 1.80. The average molecular weight is 566 g/mol. The number of rotatable bonds is 14. The lowest BCUT2D eigenvalue weighted by Gasteiger charge is -2.40. The first-order chi connectivity index (χ1) is 19.7. The molecule has 4 rings (SSSR count). The molecule has 2 bridgehead atoms. The fourth-order valence-corrected chi connectivity index (χ4v) is 7.62. The Labute approximate surface area is 245 Å². The average Bonchev–Trinajstić information content (AvgIpc) is 3.58. The molecule has 8 heteroatoms.